The van der Waals surface area contributed by atoms with E-state index in [2.05, 4.69) is 23.5 Å². The standard InChI is InChI=1S/C16H15NS/c1-13(12-14-8-4-2-5-9-14)16(18)17-15-10-6-3-7-11-15/h2-12H,1H3,(H,17,18)/b13-12+. The number of benzene rings is 2. The molecule has 0 saturated heterocycles. The van der Waals surface area contributed by atoms with Crippen LogP contribution in [0.25, 0.3) is 6.08 Å². The Morgan fingerprint density at radius 1 is 0.944 bits per heavy atom. The molecule has 2 rings (SSSR count). The second-order valence-electron chi connectivity index (χ2n) is 4.06. The lowest BCUT2D eigenvalue weighted by Gasteiger charge is -2.08. The van der Waals surface area contributed by atoms with E-state index in [1.807, 2.05) is 55.5 Å². The average Bonchev–Trinajstić information content (AvgIpc) is 2.41. The summed E-state index contributed by atoms with van der Waals surface area (Å²) in [5.41, 5.74) is 3.23. The number of thiocarbonyl (C=S) groups is 1. The van der Waals surface area contributed by atoms with Gasteiger partial charge in [0.05, 0.1) is 0 Å². The van der Waals surface area contributed by atoms with Gasteiger partial charge in [-0.05, 0) is 36.3 Å². The van der Waals surface area contributed by atoms with E-state index in [0.29, 0.717) is 0 Å². The number of nitrogens with one attached hydrogen (secondary N) is 1. The molecule has 90 valence electrons. The zero-order valence-corrected chi connectivity index (χ0v) is 11.1. The molecule has 2 aromatic carbocycles. The van der Waals surface area contributed by atoms with Gasteiger partial charge >= 0.3 is 0 Å². The van der Waals surface area contributed by atoms with Gasteiger partial charge < -0.3 is 5.32 Å². The Kier molecular flexibility index (Phi) is 4.26. The maximum atomic E-state index is 5.38. The molecular weight excluding hydrogens is 238 g/mol. The van der Waals surface area contributed by atoms with E-state index in [-0.39, 0.29) is 0 Å². The Labute approximate surface area is 113 Å². The lowest BCUT2D eigenvalue weighted by Crippen LogP contribution is -2.09. The van der Waals surface area contributed by atoms with Crippen LogP contribution in [0.5, 0.6) is 0 Å². The minimum Gasteiger partial charge on any atom is -0.346 e. The van der Waals surface area contributed by atoms with Crippen molar-refractivity contribution in [3.63, 3.8) is 0 Å². The van der Waals surface area contributed by atoms with Crippen molar-refractivity contribution in [1.29, 1.82) is 0 Å². The van der Waals surface area contributed by atoms with Crippen molar-refractivity contribution >= 4 is 29.0 Å². The van der Waals surface area contributed by atoms with Crippen LogP contribution in [0.1, 0.15) is 12.5 Å². The Morgan fingerprint density at radius 2 is 1.50 bits per heavy atom. The van der Waals surface area contributed by atoms with Crippen LogP contribution in [-0.2, 0) is 0 Å². The van der Waals surface area contributed by atoms with Crippen molar-refractivity contribution in [3.05, 3.63) is 71.8 Å². The van der Waals surface area contributed by atoms with Crippen LogP contribution in [0.2, 0.25) is 0 Å². The van der Waals surface area contributed by atoms with E-state index in [1.54, 1.807) is 0 Å². The smallest absolute Gasteiger partial charge is 0.106 e. The van der Waals surface area contributed by atoms with Gasteiger partial charge in [-0.25, -0.2) is 0 Å². The van der Waals surface area contributed by atoms with Crippen molar-refractivity contribution in [2.24, 2.45) is 0 Å². The monoisotopic (exact) mass is 253 g/mol. The Hall–Kier alpha value is -1.93. The third-order valence-electron chi connectivity index (χ3n) is 2.57. The topological polar surface area (TPSA) is 12.0 Å². The first-order valence-electron chi connectivity index (χ1n) is 5.85. The SMILES string of the molecule is C/C(=C\c1ccccc1)C(=S)Nc1ccccc1. The van der Waals surface area contributed by atoms with Crippen LogP contribution in [0.3, 0.4) is 0 Å². The molecule has 0 atom stereocenters. The van der Waals surface area contributed by atoms with Gasteiger partial charge in [-0.1, -0.05) is 60.7 Å². The third-order valence-corrected chi connectivity index (χ3v) is 3.00. The van der Waals surface area contributed by atoms with E-state index < -0.39 is 0 Å². The maximum absolute atomic E-state index is 5.38. The fraction of sp³-hybridized carbons (Fsp3) is 0.0625. The first-order chi connectivity index (χ1) is 8.75. The normalized spacial score (nSPS) is 11.1. The molecule has 0 bridgehead atoms. The van der Waals surface area contributed by atoms with Crippen molar-refractivity contribution in [3.8, 4) is 0 Å². The van der Waals surface area contributed by atoms with E-state index in [4.69, 9.17) is 12.2 Å². The number of anilines is 1. The predicted molar refractivity (Wildman–Crippen MR) is 82.8 cm³/mol. The van der Waals surface area contributed by atoms with Crippen molar-refractivity contribution in [2.75, 3.05) is 5.32 Å². The molecule has 0 amide bonds. The lowest BCUT2D eigenvalue weighted by molar-refractivity contribution is 1.57. The molecule has 1 nitrogen and oxygen atoms in total. The quantitative estimate of drug-likeness (QED) is 0.637. The van der Waals surface area contributed by atoms with Gasteiger partial charge in [0.25, 0.3) is 0 Å². The molecule has 0 unspecified atom stereocenters. The summed E-state index contributed by atoms with van der Waals surface area (Å²) in [6, 6.07) is 20.1. The Bertz CT molecular complexity index is 544. The van der Waals surface area contributed by atoms with Crippen LogP contribution in [-0.4, -0.2) is 4.99 Å². The summed E-state index contributed by atoms with van der Waals surface area (Å²) in [4.78, 5) is 0.755. The van der Waals surface area contributed by atoms with E-state index >= 15 is 0 Å². The molecule has 0 aliphatic carbocycles. The molecule has 0 saturated carbocycles. The molecule has 18 heavy (non-hydrogen) atoms. The summed E-state index contributed by atoms with van der Waals surface area (Å²) in [6.45, 7) is 2.02. The number of para-hydroxylation sites is 1. The number of hydrogen-bond acceptors (Lipinski definition) is 1. The highest BCUT2D eigenvalue weighted by atomic mass is 32.1. The summed E-state index contributed by atoms with van der Waals surface area (Å²) >= 11 is 5.38. The zero-order valence-electron chi connectivity index (χ0n) is 10.3. The second kappa shape index (κ2) is 6.12. The largest absolute Gasteiger partial charge is 0.346 e. The minimum atomic E-state index is 0.755. The van der Waals surface area contributed by atoms with Gasteiger partial charge in [-0.2, -0.15) is 0 Å². The van der Waals surface area contributed by atoms with Crippen LogP contribution in [0.4, 0.5) is 5.69 Å². The van der Waals surface area contributed by atoms with Gasteiger partial charge in [0.15, 0.2) is 0 Å². The Morgan fingerprint density at radius 3 is 2.11 bits per heavy atom. The molecule has 0 aliphatic rings. The molecule has 0 fully saturated rings. The molecule has 2 heteroatoms. The Balaban J connectivity index is 2.08. The third kappa shape index (κ3) is 3.54. The van der Waals surface area contributed by atoms with Crippen molar-refractivity contribution in [2.45, 2.75) is 6.92 Å². The van der Waals surface area contributed by atoms with Crippen LogP contribution in [0, 0.1) is 0 Å². The van der Waals surface area contributed by atoms with E-state index in [9.17, 15) is 0 Å². The molecule has 2 aromatic rings. The molecular formula is C16H15NS. The first kappa shape index (κ1) is 12.5. The van der Waals surface area contributed by atoms with Crippen molar-refractivity contribution in [1.82, 2.24) is 0 Å². The fourth-order valence-electron chi connectivity index (χ4n) is 1.62. The predicted octanol–water partition coefficient (Wildman–Crippen LogP) is 4.53. The summed E-state index contributed by atoms with van der Waals surface area (Å²) in [5.74, 6) is 0. The maximum Gasteiger partial charge on any atom is 0.106 e. The van der Waals surface area contributed by atoms with Gasteiger partial charge in [0.1, 0.15) is 4.99 Å². The van der Waals surface area contributed by atoms with Gasteiger partial charge in [-0.15, -0.1) is 0 Å². The summed E-state index contributed by atoms with van der Waals surface area (Å²) in [5, 5.41) is 3.23. The summed E-state index contributed by atoms with van der Waals surface area (Å²) < 4.78 is 0. The highest BCUT2D eigenvalue weighted by Crippen LogP contribution is 2.11. The highest BCUT2D eigenvalue weighted by molar-refractivity contribution is 7.81. The summed E-state index contributed by atoms with van der Waals surface area (Å²) in [7, 11) is 0. The molecule has 0 radical (unpaired) electrons. The average molecular weight is 253 g/mol. The lowest BCUT2D eigenvalue weighted by atomic mass is 10.1. The van der Waals surface area contributed by atoms with Crippen LogP contribution < -0.4 is 5.32 Å². The first-order valence-corrected chi connectivity index (χ1v) is 6.26. The summed E-state index contributed by atoms with van der Waals surface area (Å²) in [6.07, 6.45) is 2.08. The second-order valence-corrected chi connectivity index (χ2v) is 4.47. The number of hydrogen-bond donors (Lipinski definition) is 1. The van der Waals surface area contributed by atoms with Crippen molar-refractivity contribution < 1.29 is 0 Å². The van der Waals surface area contributed by atoms with Gasteiger partial charge in [0.2, 0.25) is 0 Å². The van der Waals surface area contributed by atoms with Crippen LogP contribution >= 0.6 is 12.2 Å². The molecule has 1 N–H and O–H groups in total. The molecule has 0 heterocycles. The van der Waals surface area contributed by atoms with E-state index in [0.717, 1.165) is 21.8 Å². The minimum absolute atomic E-state index is 0.755. The number of rotatable bonds is 3. The van der Waals surface area contributed by atoms with E-state index in [1.165, 1.54) is 0 Å². The van der Waals surface area contributed by atoms with Gasteiger partial charge in [0, 0.05) is 5.69 Å². The fourth-order valence-corrected chi connectivity index (χ4v) is 1.79. The molecule has 0 aromatic heterocycles. The molecule has 0 spiro atoms. The van der Waals surface area contributed by atoms with Crippen LogP contribution in [0.15, 0.2) is 66.2 Å². The zero-order chi connectivity index (χ0) is 12.8. The molecule has 0 aliphatic heterocycles. The highest BCUT2D eigenvalue weighted by Gasteiger charge is 2.00. The van der Waals surface area contributed by atoms with Gasteiger partial charge in [-0.3, -0.25) is 0 Å².